The molecule has 0 radical (unpaired) electrons. The van der Waals surface area contributed by atoms with E-state index < -0.39 is 17.3 Å². The van der Waals surface area contributed by atoms with Gasteiger partial charge in [0.25, 0.3) is 0 Å². The van der Waals surface area contributed by atoms with Crippen LogP contribution in [0.15, 0.2) is 78.9 Å². The van der Waals surface area contributed by atoms with Crippen LogP contribution in [0.5, 0.6) is 11.5 Å². The minimum Gasteiger partial charge on any atom is -0.497 e. The van der Waals surface area contributed by atoms with Crippen molar-refractivity contribution in [3.8, 4) is 11.5 Å². The van der Waals surface area contributed by atoms with Crippen molar-refractivity contribution >= 4 is 0 Å². The van der Waals surface area contributed by atoms with E-state index in [1.54, 1.807) is 25.3 Å². The van der Waals surface area contributed by atoms with Crippen LogP contribution in [0.25, 0.3) is 0 Å². The van der Waals surface area contributed by atoms with Crippen molar-refractivity contribution < 1.29 is 19.7 Å². The highest BCUT2D eigenvalue weighted by molar-refractivity contribution is 5.56. The van der Waals surface area contributed by atoms with E-state index in [9.17, 15) is 10.2 Å². The molecule has 4 atom stereocenters. The quantitative estimate of drug-likeness (QED) is 0.734. The fourth-order valence-corrected chi connectivity index (χ4v) is 5.03. The van der Waals surface area contributed by atoms with E-state index in [4.69, 9.17) is 9.47 Å². The Bertz CT molecular complexity index is 1000. The maximum absolute atomic E-state index is 12.0. The van der Waals surface area contributed by atoms with Crippen LogP contribution in [0, 0.1) is 0 Å². The van der Waals surface area contributed by atoms with Crippen molar-refractivity contribution in [1.29, 1.82) is 0 Å². The minimum absolute atomic E-state index is 0.213. The standard InChI is InChI=1S/C24H22O4/c1-27-18-12-13-19-21(14-18)28-24(17-10-6-3-7-11-17)20(15-22(25)23(19,24)26)16-8-4-2-5-9-16/h2-14,20,22,25-26H,15H2,1H3. The van der Waals surface area contributed by atoms with Crippen LogP contribution in [0.4, 0.5) is 0 Å². The van der Waals surface area contributed by atoms with E-state index in [1.807, 2.05) is 60.7 Å². The van der Waals surface area contributed by atoms with Gasteiger partial charge in [-0.2, -0.15) is 0 Å². The van der Waals surface area contributed by atoms with Gasteiger partial charge in [0, 0.05) is 17.5 Å². The molecule has 3 aromatic carbocycles. The van der Waals surface area contributed by atoms with Crippen molar-refractivity contribution in [1.82, 2.24) is 0 Å². The van der Waals surface area contributed by atoms with Gasteiger partial charge < -0.3 is 19.7 Å². The Morgan fingerprint density at radius 2 is 1.64 bits per heavy atom. The normalized spacial score (nSPS) is 30.4. The molecule has 4 unspecified atom stereocenters. The number of rotatable bonds is 3. The number of hydrogen-bond donors (Lipinski definition) is 2. The molecule has 5 rings (SSSR count). The van der Waals surface area contributed by atoms with Gasteiger partial charge in [-0.3, -0.25) is 0 Å². The first kappa shape index (κ1) is 17.3. The van der Waals surface area contributed by atoms with Gasteiger partial charge in [-0.1, -0.05) is 60.7 Å². The fourth-order valence-electron chi connectivity index (χ4n) is 5.03. The number of aliphatic hydroxyl groups excluding tert-OH is 1. The topological polar surface area (TPSA) is 58.9 Å². The molecule has 0 amide bonds. The lowest BCUT2D eigenvalue weighted by Crippen LogP contribution is -2.51. The van der Waals surface area contributed by atoms with Crippen LogP contribution in [0.1, 0.15) is 29.0 Å². The summed E-state index contributed by atoms with van der Waals surface area (Å²) in [6, 6.07) is 25.1. The summed E-state index contributed by atoms with van der Waals surface area (Å²) in [4.78, 5) is 0. The average Bonchev–Trinajstić information content (AvgIpc) is 3.15. The molecule has 1 heterocycles. The third kappa shape index (κ3) is 2.07. The Hall–Kier alpha value is -2.82. The number of hydrogen-bond acceptors (Lipinski definition) is 4. The molecule has 1 fully saturated rings. The van der Waals surface area contributed by atoms with E-state index in [1.165, 1.54) is 0 Å². The fraction of sp³-hybridized carbons (Fsp3) is 0.250. The minimum atomic E-state index is -1.56. The number of aliphatic hydroxyl groups is 2. The summed E-state index contributed by atoms with van der Waals surface area (Å²) in [6.07, 6.45) is -0.562. The summed E-state index contributed by atoms with van der Waals surface area (Å²) in [6.45, 7) is 0. The van der Waals surface area contributed by atoms with Gasteiger partial charge in [0.1, 0.15) is 11.5 Å². The van der Waals surface area contributed by atoms with E-state index in [0.717, 1.165) is 11.1 Å². The monoisotopic (exact) mass is 374 g/mol. The second kappa shape index (κ2) is 6.09. The van der Waals surface area contributed by atoms with Crippen molar-refractivity contribution in [3.63, 3.8) is 0 Å². The molecular formula is C24H22O4. The number of fused-ring (bicyclic) bond motifs is 3. The highest BCUT2D eigenvalue weighted by atomic mass is 16.5. The summed E-state index contributed by atoms with van der Waals surface area (Å²) in [5.41, 5.74) is -0.206. The van der Waals surface area contributed by atoms with Crippen molar-refractivity contribution in [2.75, 3.05) is 7.11 Å². The molecule has 3 aromatic rings. The molecule has 0 saturated heterocycles. The molecule has 28 heavy (non-hydrogen) atoms. The van der Waals surface area contributed by atoms with Crippen LogP contribution < -0.4 is 9.47 Å². The third-order valence-corrected chi connectivity index (χ3v) is 6.27. The molecule has 0 bridgehead atoms. The SMILES string of the molecule is COc1ccc2c(c1)OC1(c3ccccc3)C(c3ccccc3)CC(O)C21O. The van der Waals surface area contributed by atoms with Gasteiger partial charge in [-0.15, -0.1) is 0 Å². The number of benzene rings is 3. The van der Waals surface area contributed by atoms with Gasteiger partial charge >= 0.3 is 0 Å². The summed E-state index contributed by atoms with van der Waals surface area (Å²) < 4.78 is 11.9. The maximum atomic E-state index is 12.0. The lowest BCUT2D eigenvalue weighted by molar-refractivity contribution is -0.149. The van der Waals surface area contributed by atoms with Gasteiger partial charge in [0.2, 0.25) is 0 Å². The van der Waals surface area contributed by atoms with Crippen LogP contribution in [0.2, 0.25) is 0 Å². The predicted molar refractivity (Wildman–Crippen MR) is 105 cm³/mol. The zero-order valence-corrected chi connectivity index (χ0v) is 15.6. The molecule has 2 aliphatic rings. The molecule has 142 valence electrons. The van der Waals surface area contributed by atoms with Crippen molar-refractivity contribution in [2.24, 2.45) is 0 Å². The second-order valence-electron chi connectivity index (χ2n) is 7.55. The molecule has 1 saturated carbocycles. The molecule has 2 N–H and O–H groups in total. The van der Waals surface area contributed by atoms with Gasteiger partial charge in [-0.25, -0.2) is 0 Å². The molecule has 1 aliphatic carbocycles. The van der Waals surface area contributed by atoms with Crippen LogP contribution >= 0.6 is 0 Å². The highest BCUT2D eigenvalue weighted by Crippen LogP contribution is 2.66. The van der Waals surface area contributed by atoms with E-state index in [0.29, 0.717) is 23.5 Å². The Balaban J connectivity index is 1.79. The van der Waals surface area contributed by atoms with E-state index in [2.05, 4.69) is 0 Å². The first-order valence-corrected chi connectivity index (χ1v) is 9.49. The molecular weight excluding hydrogens is 352 g/mol. The van der Waals surface area contributed by atoms with Gasteiger partial charge in [-0.05, 0) is 29.7 Å². The second-order valence-corrected chi connectivity index (χ2v) is 7.55. The van der Waals surface area contributed by atoms with Gasteiger partial charge in [0.15, 0.2) is 11.2 Å². The van der Waals surface area contributed by atoms with E-state index >= 15 is 0 Å². The zero-order valence-electron chi connectivity index (χ0n) is 15.6. The predicted octanol–water partition coefficient (Wildman–Crippen LogP) is 3.72. The maximum Gasteiger partial charge on any atom is 0.176 e. The molecule has 1 aliphatic heterocycles. The molecule has 0 aromatic heterocycles. The lowest BCUT2D eigenvalue weighted by atomic mass is 9.71. The Morgan fingerprint density at radius 3 is 2.32 bits per heavy atom. The molecule has 4 nitrogen and oxygen atoms in total. The highest BCUT2D eigenvalue weighted by Gasteiger charge is 2.72. The van der Waals surface area contributed by atoms with Crippen molar-refractivity contribution in [3.05, 3.63) is 95.6 Å². The smallest absolute Gasteiger partial charge is 0.176 e. The summed E-state index contributed by atoms with van der Waals surface area (Å²) >= 11 is 0. The lowest BCUT2D eigenvalue weighted by Gasteiger charge is -2.40. The average molecular weight is 374 g/mol. The van der Waals surface area contributed by atoms with Crippen LogP contribution in [-0.2, 0) is 11.2 Å². The zero-order chi connectivity index (χ0) is 19.4. The number of methoxy groups -OCH3 is 1. The summed E-state index contributed by atoms with van der Waals surface area (Å²) in [7, 11) is 1.60. The largest absolute Gasteiger partial charge is 0.497 e. The third-order valence-electron chi connectivity index (χ3n) is 6.27. The van der Waals surface area contributed by atoms with Crippen LogP contribution in [0.3, 0.4) is 0 Å². The molecule has 4 heteroatoms. The molecule has 0 spiro atoms. The van der Waals surface area contributed by atoms with Gasteiger partial charge in [0.05, 0.1) is 13.2 Å². The number of ether oxygens (including phenoxy) is 2. The Morgan fingerprint density at radius 1 is 0.964 bits per heavy atom. The van der Waals surface area contributed by atoms with Crippen LogP contribution in [-0.4, -0.2) is 23.4 Å². The summed E-state index contributed by atoms with van der Waals surface area (Å²) in [5, 5.41) is 23.2. The first-order chi connectivity index (χ1) is 13.6. The van der Waals surface area contributed by atoms with E-state index in [-0.39, 0.29) is 5.92 Å². The first-order valence-electron chi connectivity index (χ1n) is 9.49. The Kier molecular flexibility index (Phi) is 3.76. The van der Waals surface area contributed by atoms with Crippen molar-refractivity contribution in [2.45, 2.75) is 29.6 Å². The summed E-state index contributed by atoms with van der Waals surface area (Å²) in [5.74, 6) is 0.983. The Labute approximate surface area is 164 Å².